The normalized spacial score (nSPS) is 27.1. The van der Waals surface area contributed by atoms with Crippen LogP contribution in [0.3, 0.4) is 0 Å². The van der Waals surface area contributed by atoms with Crippen molar-refractivity contribution in [3.8, 4) is 0 Å². The molecule has 2 unspecified atom stereocenters. The molecule has 1 aliphatic heterocycles. The number of hydrogen-bond acceptors (Lipinski definition) is 2. The molecule has 0 bridgehead atoms. The molecule has 3 heteroatoms. The standard InChI is InChI=1S/C15H28N2O/c1-12(13-6-3-2-4-7-13)10-15(18)17-11-14-8-5-9-16-14/h12-14,16H,2-11H2,1H3,(H,17,18). The van der Waals surface area contributed by atoms with E-state index in [1.54, 1.807) is 0 Å². The minimum absolute atomic E-state index is 0.252. The lowest BCUT2D eigenvalue weighted by Gasteiger charge is -2.27. The molecule has 2 aliphatic rings. The number of rotatable bonds is 5. The summed E-state index contributed by atoms with van der Waals surface area (Å²) >= 11 is 0. The third-order valence-corrected chi connectivity index (χ3v) is 4.67. The Hall–Kier alpha value is -0.570. The molecule has 1 amide bonds. The zero-order valence-corrected chi connectivity index (χ0v) is 11.7. The maximum atomic E-state index is 11.9. The van der Waals surface area contributed by atoms with Crippen LogP contribution in [-0.2, 0) is 4.79 Å². The molecule has 2 rings (SSSR count). The Morgan fingerprint density at radius 3 is 2.67 bits per heavy atom. The highest BCUT2D eigenvalue weighted by molar-refractivity contribution is 5.76. The lowest BCUT2D eigenvalue weighted by atomic mass is 9.79. The fourth-order valence-electron chi connectivity index (χ4n) is 3.40. The van der Waals surface area contributed by atoms with Crippen molar-refractivity contribution >= 4 is 5.91 Å². The molecule has 0 aromatic rings. The van der Waals surface area contributed by atoms with E-state index in [2.05, 4.69) is 17.6 Å². The summed E-state index contributed by atoms with van der Waals surface area (Å²) in [7, 11) is 0. The van der Waals surface area contributed by atoms with Gasteiger partial charge in [-0.1, -0.05) is 39.0 Å². The van der Waals surface area contributed by atoms with Crippen LogP contribution < -0.4 is 10.6 Å². The highest BCUT2D eigenvalue weighted by atomic mass is 16.1. The van der Waals surface area contributed by atoms with E-state index in [1.807, 2.05) is 0 Å². The minimum atomic E-state index is 0.252. The van der Waals surface area contributed by atoms with Gasteiger partial charge in [-0.05, 0) is 31.2 Å². The van der Waals surface area contributed by atoms with Crippen LogP contribution in [0, 0.1) is 11.8 Å². The Bertz CT molecular complexity index is 255. The largest absolute Gasteiger partial charge is 0.355 e. The van der Waals surface area contributed by atoms with Gasteiger partial charge in [-0.15, -0.1) is 0 Å². The first-order chi connectivity index (χ1) is 8.75. The van der Waals surface area contributed by atoms with Gasteiger partial charge >= 0.3 is 0 Å². The summed E-state index contributed by atoms with van der Waals surface area (Å²) in [4.78, 5) is 11.9. The predicted octanol–water partition coefficient (Wildman–Crippen LogP) is 2.46. The van der Waals surface area contributed by atoms with Gasteiger partial charge in [0.1, 0.15) is 0 Å². The Balaban J connectivity index is 1.62. The topological polar surface area (TPSA) is 41.1 Å². The molecular weight excluding hydrogens is 224 g/mol. The summed E-state index contributed by atoms with van der Waals surface area (Å²) in [6.45, 7) is 4.18. The maximum absolute atomic E-state index is 11.9. The minimum Gasteiger partial charge on any atom is -0.355 e. The molecule has 1 saturated carbocycles. The van der Waals surface area contributed by atoms with E-state index < -0.39 is 0 Å². The number of hydrogen-bond donors (Lipinski definition) is 2. The lowest BCUT2D eigenvalue weighted by Crippen LogP contribution is -2.38. The van der Waals surface area contributed by atoms with Gasteiger partial charge in [0, 0.05) is 19.0 Å². The summed E-state index contributed by atoms with van der Waals surface area (Å²) < 4.78 is 0. The van der Waals surface area contributed by atoms with Crippen molar-refractivity contribution < 1.29 is 4.79 Å². The van der Waals surface area contributed by atoms with Gasteiger partial charge in [0.05, 0.1) is 0 Å². The van der Waals surface area contributed by atoms with Crippen molar-refractivity contribution in [2.45, 2.75) is 64.3 Å². The number of carbonyl (C=O) groups excluding carboxylic acids is 1. The van der Waals surface area contributed by atoms with Gasteiger partial charge in [-0.25, -0.2) is 0 Å². The zero-order chi connectivity index (χ0) is 12.8. The van der Waals surface area contributed by atoms with Crippen LogP contribution in [0.1, 0.15) is 58.3 Å². The molecule has 1 heterocycles. The maximum Gasteiger partial charge on any atom is 0.220 e. The first kappa shape index (κ1) is 13.9. The Morgan fingerprint density at radius 1 is 1.22 bits per heavy atom. The van der Waals surface area contributed by atoms with Crippen LogP contribution in [0.15, 0.2) is 0 Å². The van der Waals surface area contributed by atoms with Crippen LogP contribution in [0.5, 0.6) is 0 Å². The second-order valence-electron chi connectivity index (χ2n) is 6.18. The monoisotopic (exact) mass is 252 g/mol. The summed E-state index contributed by atoms with van der Waals surface area (Å²) in [6.07, 6.45) is 9.96. The number of nitrogens with one attached hydrogen (secondary N) is 2. The Morgan fingerprint density at radius 2 is 2.00 bits per heavy atom. The third-order valence-electron chi connectivity index (χ3n) is 4.67. The van der Waals surface area contributed by atoms with E-state index in [-0.39, 0.29) is 5.91 Å². The van der Waals surface area contributed by atoms with Crippen LogP contribution in [0.25, 0.3) is 0 Å². The average molecular weight is 252 g/mol. The number of amides is 1. The second-order valence-corrected chi connectivity index (χ2v) is 6.18. The molecule has 18 heavy (non-hydrogen) atoms. The first-order valence-electron chi connectivity index (χ1n) is 7.76. The molecule has 1 saturated heterocycles. The molecule has 0 aromatic heterocycles. The molecule has 0 aromatic carbocycles. The molecule has 3 nitrogen and oxygen atoms in total. The highest BCUT2D eigenvalue weighted by Gasteiger charge is 2.22. The fraction of sp³-hybridized carbons (Fsp3) is 0.933. The van der Waals surface area contributed by atoms with E-state index >= 15 is 0 Å². The summed E-state index contributed by atoms with van der Waals surface area (Å²) in [5, 5.41) is 6.51. The molecular formula is C15H28N2O. The third kappa shape index (κ3) is 4.27. The highest BCUT2D eigenvalue weighted by Crippen LogP contribution is 2.31. The van der Waals surface area contributed by atoms with Gasteiger partial charge in [-0.3, -0.25) is 4.79 Å². The molecule has 1 aliphatic carbocycles. The van der Waals surface area contributed by atoms with Crippen molar-refractivity contribution in [2.75, 3.05) is 13.1 Å². The van der Waals surface area contributed by atoms with Crippen LogP contribution in [-0.4, -0.2) is 25.0 Å². The van der Waals surface area contributed by atoms with E-state index in [9.17, 15) is 4.79 Å². The lowest BCUT2D eigenvalue weighted by molar-refractivity contribution is -0.122. The van der Waals surface area contributed by atoms with Gasteiger partial charge in [-0.2, -0.15) is 0 Å². The smallest absolute Gasteiger partial charge is 0.220 e. The molecule has 0 spiro atoms. The fourth-order valence-corrected chi connectivity index (χ4v) is 3.40. The molecule has 2 atom stereocenters. The molecule has 2 fully saturated rings. The summed E-state index contributed by atoms with van der Waals surface area (Å²) in [5.41, 5.74) is 0. The van der Waals surface area contributed by atoms with E-state index in [0.717, 1.165) is 25.4 Å². The van der Waals surface area contributed by atoms with Crippen LogP contribution in [0.4, 0.5) is 0 Å². The molecule has 104 valence electrons. The van der Waals surface area contributed by atoms with Crippen molar-refractivity contribution in [3.63, 3.8) is 0 Å². The molecule has 0 radical (unpaired) electrons. The summed E-state index contributed by atoms with van der Waals surface area (Å²) in [6, 6.07) is 0.513. The van der Waals surface area contributed by atoms with Crippen molar-refractivity contribution in [1.29, 1.82) is 0 Å². The SMILES string of the molecule is CC(CC(=O)NCC1CCCN1)C1CCCCC1. The van der Waals surface area contributed by atoms with E-state index in [0.29, 0.717) is 12.0 Å². The average Bonchev–Trinajstić information content (AvgIpc) is 2.90. The van der Waals surface area contributed by atoms with E-state index in [4.69, 9.17) is 0 Å². The van der Waals surface area contributed by atoms with Gasteiger partial charge < -0.3 is 10.6 Å². The van der Waals surface area contributed by atoms with Gasteiger partial charge in [0.2, 0.25) is 5.91 Å². The van der Waals surface area contributed by atoms with Crippen LogP contribution in [0.2, 0.25) is 0 Å². The second kappa shape index (κ2) is 7.13. The first-order valence-corrected chi connectivity index (χ1v) is 7.76. The number of carbonyl (C=O) groups is 1. The summed E-state index contributed by atoms with van der Waals surface area (Å²) in [5.74, 6) is 1.60. The van der Waals surface area contributed by atoms with E-state index in [1.165, 1.54) is 44.9 Å². The van der Waals surface area contributed by atoms with Gasteiger partial charge in [0.15, 0.2) is 0 Å². The molecule has 2 N–H and O–H groups in total. The zero-order valence-electron chi connectivity index (χ0n) is 11.7. The Kier molecular flexibility index (Phi) is 5.48. The van der Waals surface area contributed by atoms with Crippen molar-refractivity contribution in [1.82, 2.24) is 10.6 Å². The van der Waals surface area contributed by atoms with Crippen molar-refractivity contribution in [2.24, 2.45) is 11.8 Å². The van der Waals surface area contributed by atoms with Crippen molar-refractivity contribution in [3.05, 3.63) is 0 Å². The van der Waals surface area contributed by atoms with Crippen LogP contribution >= 0.6 is 0 Å². The van der Waals surface area contributed by atoms with Gasteiger partial charge in [0.25, 0.3) is 0 Å². The quantitative estimate of drug-likeness (QED) is 0.789. The predicted molar refractivity (Wildman–Crippen MR) is 74.4 cm³/mol. The Labute approximate surface area is 111 Å².